The van der Waals surface area contributed by atoms with Crippen LogP contribution < -0.4 is 10.1 Å². The molecule has 0 spiro atoms. The fourth-order valence-electron chi connectivity index (χ4n) is 4.23. The van der Waals surface area contributed by atoms with Crippen LogP contribution in [0, 0.1) is 20.8 Å². The van der Waals surface area contributed by atoms with Gasteiger partial charge in [-0.1, -0.05) is 29.8 Å². The van der Waals surface area contributed by atoms with E-state index in [1.165, 1.54) is 0 Å². The quantitative estimate of drug-likeness (QED) is 0.381. The Morgan fingerprint density at radius 2 is 1.80 bits per heavy atom. The zero-order valence-corrected chi connectivity index (χ0v) is 22.0. The fourth-order valence-corrected chi connectivity index (χ4v) is 4.56. The lowest BCUT2D eigenvalue weighted by Gasteiger charge is -2.30. The number of carbonyl (C=O) groups excluding carboxylic acids is 1. The number of aromatic nitrogens is 1. The van der Waals surface area contributed by atoms with E-state index in [4.69, 9.17) is 9.47 Å². The van der Waals surface area contributed by atoms with Gasteiger partial charge >= 0.3 is 5.97 Å². The Hall–Kier alpha value is -3.23. The largest absolute Gasteiger partial charge is 0.479 e. The van der Waals surface area contributed by atoms with Crippen molar-refractivity contribution in [1.29, 1.82) is 0 Å². The number of anilines is 1. The molecule has 35 heavy (non-hydrogen) atoms. The molecule has 2 heterocycles. The molecule has 0 aliphatic carbocycles. The maximum atomic E-state index is 13.1. The van der Waals surface area contributed by atoms with Crippen molar-refractivity contribution in [2.24, 2.45) is 0 Å². The molecule has 0 saturated heterocycles. The lowest BCUT2D eigenvalue weighted by molar-refractivity contribution is -0.160. The standard InChI is InChI=1S/C27H27BrN2O5/c1-13-7-9-16(10-8-13)19-15(3)22-21(14(2)20(19)23(26(32)33)35-27(4,5)6)30-24(31)18-11-17(28)12-29-25(18)34-22/h7-12,23H,1-6H3,(H,30,31)(H,32,33)/t23-/m0/s1. The first-order chi connectivity index (χ1) is 16.4. The number of ether oxygens (including phenoxy) is 2. The molecule has 1 aromatic heterocycles. The average Bonchev–Trinajstić information content (AvgIpc) is 2.91. The van der Waals surface area contributed by atoms with E-state index in [-0.39, 0.29) is 11.4 Å². The van der Waals surface area contributed by atoms with Crippen molar-refractivity contribution >= 4 is 33.5 Å². The molecule has 8 heteroatoms. The summed E-state index contributed by atoms with van der Waals surface area (Å²) in [6.45, 7) is 11.0. The van der Waals surface area contributed by atoms with Gasteiger partial charge in [-0.3, -0.25) is 4.79 Å². The van der Waals surface area contributed by atoms with Crippen LogP contribution in [0.3, 0.4) is 0 Å². The Bertz CT molecular complexity index is 1340. The van der Waals surface area contributed by atoms with E-state index in [1.807, 2.05) is 58.9 Å². The molecule has 3 aromatic rings. The number of benzene rings is 2. The zero-order chi connectivity index (χ0) is 25.7. The third-order valence-electron chi connectivity index (χ3n) is 5.79. The Kier molecular flexibility index (Phi) is 6.46. The van der Waals surface area contributed by atoms with E-state index in [1.54, 1.807) is 19.2 Å². The van der Waals surface area contributed by atoms with Gasteiger partial charge in [0, 0.05) is 21.8 Å². The second kappa shape index (κ2) is 9.09. The number of halogens is 1. The van der Waals surface area contributed by atoms with Crippen LogP contribution in [0.5, 0.6) is 11.6 Å². The summed E-state index contributed by atoms with van der Waals surface area (Å²) in [6.07, 6.45) is 0.289. The number of aliphatic carboxylic acids is 1. The molecule has 7 nitrogen and oxygen atoms in total. The summed E-state index contributed by atoms with van der Waals surface area (Å²) in [5.74, 6) is -0.919. The van der Waals surface area contributed by atoms with Crippen LogP contribution in [0.25, 0.3) is 11.1 Å². The molecule has 4 rings (SSSR count). The highest BCUT2D eigenvalue weighted by Gasteiger charge is 2.36. The normalized spacial score (nSPS) is 13.7. The van der Waals surface area contributed by atoms with Gasteiger partial charge in [0.05, 0.1) is 11.3 Å². The lowest BCUT2D eigenvalue weighted by Crippen LogP contribution is -2.28. The zero-order valence-electron chi connectivity index (χ0n) is 20.4. The minimum Gasteiger partial charge on any atom is -0.479 e. The van der Waals surface area contributed by atoms with Crippen molar-refractivity contribution in [2.45, 2.75) is 53.2 Å². The number of fused-ring (bicyclic) bond motifs is 2. The first-order valence-corrected chi connectivity index (χ1v) is 12.0. The number of carboxylic acids is 1. The molecule has 0 bridgehead atoms. The Labute approximate surface area is 212 Å². The summed E-state index contributed by atoms with van der Waals surface area (Å²) >= 11 is 3.35. The van der Waals surface area contributed by atoms with E-state index >= 15 is 0 Å². The molecule has 182 valence electrons. The number of nitrogens with zero attached hydrogens (tertiary/aromatic N) is 1. The van der Waals surface area contributed by atoms with Crippen molar-refractivity contribution in [3.8, 4) is 22.8 Å². The molecular weight excluding hydrogens is 512 g/mol. The second-order valence-corrected chi connectivity index (χ2v) is 10.5. The van der Waals surface area contributed by atoms with Crippen LogP contribution in [-0.4, -0.2) is 27.6 Å². The number of carboxylic acid groups (broad SMARTS) is 1. The number of nitrogens with one attached hydrogen (secondary N) is 1. The number of carbonyl (C=O) groups is 2. The molecule has 0 radical (unpaired) electrons. The first kappa shape index (κ1) is 24.9. The van der Waals surface area contributed by atoms with E-state index in [0.717, 1.165) is 11.1 Å². The monoisotopic (exact) mass is 538 g/mol. The number of rotatable bonds is 4. The summed E-state index contributed by atoms with van der Waals surface area (Å²) in [5, 5.41) is 13.2. The van der Waals surface area contributed by atoms with Crippen molar-refractivity contribution in [3.05, 3.63) is 68.8 Å². The van der Waals surface area contributed by atoms with Crippen LogP contribution in [0.1, 0.15) is 59.5 Å². The molecule has 2 aromatic carbocycles. The van der Waals surface area contributed by atoms with Crippen LogP contribution in [-0.2, 0) is 9.53 Å². The van der Waals surface area contributed by atoms with Crippen LogP contribution >= 0.6 is 15.9 Å². The van der Waals surface area contributed by atoms with E-state index < -0.39 is 23.6 Å². The summed E-state index contributed by atoms with van der Waals surface area (Å²) < 4.78 is 12.9. The smallest absolute Gasteiger partial charge is 0.337 e. The predicted molar refractivity (Wildman–Crippen MR) is 137 cm³/mol. The molecule has 0 saturated carbocycles. The van der Waals surface area contributed by atoms with Crippen molar-refractivity contribution in [1.82, 2.24) is 4.98 Å². The fraction of sp³-hybridized carbons (Fsp3) is 0.296. The maximum absolute atomic E-state index is 13.1. The van der Waals surface area contributed by atoms with Crippen molar-refractivity contribution in [2.75, 3.05) is 5.32 Å². The topological polar surface area (TPSA) is 97.8 Å². The minimum absolute atomic E-state index is 0.176. The molecule has 2 N–H and O–H groups in total. The molecule has 1 aliphatic rings. The molecule has 1 amide bonds. The molecular formula is C27H27BrN2O5. The number of hydrogen-bond donors (Lipinski definition) is 2. The van der Waals surface area contributed by atoms with Crippen molar-refractivity contribution in [3.63, 3.8) is 0 Å². The first-order valence-electron chi connectivity index (χ1n) is 11.2. The SMILES string of the molecule is Cc1ccc(-c2c(C)c3c(c(C)c2[C@H](OC(C)(C)C)C(=O)O)NC(=O)c2cc(Br)cnc2O3)cc1. The lowest BCUT2D eigenvalue weighted by atomic mass is 9.86. The van der Waals surface area contributed by atoms with Gasteiger partial charge in [0.15, 0.2) is 11.9 Å². The van der Waals surface area contributed by atoms with Gasteiger partial charge in [-0.15, -0.1) is 0 Å². The summed E-state index contributed by atoms with van der Waals surface area (Å²) in [6, 6.07) is 9.47. The highest BCUT2D eigenvalue weighted by Crippen LogP contribution is 2.49. The van der Waals surface area contributed by atoms with E-state index in [9.17, 15) is 14.7 Å². The van der Waals surface area contributed by atoms with Gasteiger partial charge in [0.2, 0.25) is 5.88 Å². The van der Waals surface area contributed by atoms with Gasteiger partial charge in [-0.05, 0) is 80.2 Å². The third kappa shape index (κ3) is 4.81. The van der Waals surface area contributed by atoms with Gasteiger partial charge < -0.3 is 19.9 Å². The Morgan fingerprint density at radius 1 is 1.14 bits per heavy atom. The summed E-state index contributed by atoms with van der Waals surface area (Å²) in [4.78, 5) is 30.0. The maximum Gasteiger partial charge on any atom is 0.337 e. The van der Waals surface area contributed by atoms with Gasteiger partial charge in [0.25, 0.3) is 5.91 Å². The van der Waals surface area contributed by atoms with Gasteiger partial charge in [-0.2, -0.15) is 0 Å². The van der Waals surface area contributed by atoms with Crippen LogP contribution in [0.4, 0.5) is 5.69 Å². The minimum atomic E-state index is -1.27. The number of aryl methyl sites for hydroxylation is 1. The van der Waals surface area contributed by atoms with E-state index in [2.05, 4.69) is 26.2 Å². The molecule has 1 atom stereocenters. The highest BCUT2D eigenvalue weighted by atomic mass is 79.9. The van der Waals surface area contributed by atoms with Gasteiger partial charge in [0.1, 0.15) is 5.56 Å². The number of hydrogen-bond acceptors (Lipinski definition) is 5. The predicted octanol–water partition coefficient (Wildman–Crippen LogP) is 6.74. The van der Waals surface area contributed by atoms with Gasteiger partial charge in [-0.25, -0.2) is 9.78 Å². The van der Waals surface area contributed by atoms with Crippen LogP contribution in [0.2, 0.25) is 0 Å². The average molecular weight is 539 g/mol. The number of amides is 1. The van der Waals surface area contributed by atoms with Crippen molar-refractivity contribution < 1.29 is 24.2 Å². The molecule has 0 fully saturated rings. The molecule has 1 aliphatic heterocycles. The Morgan fingerprint density at radius 3 is 2.40 bits per heavy atom. The number of pyridine rings is 1. The summed E-state index contributed by atoms with van der Waals surface area (Å²) in [5.41, 5.74) is 4.22. The second-order valence-electron chi connectivity index (χ2n) is 9.62. The third-order valence-corrected chi connectivity index (χ3v) is 6.22. The Balaban J connectivity index is 2.06. The summed E-state index contributed by atoms with van der Waals surface area (Å²) in [7, 11) is 0. The van der Waals surface area contributed by atoms with E-state index in [0.29, 0.717) is 38.2 Å². The molecule has 0 unspecified atom stereocenters. The highest BCUT2D eigenvalue weighted by molar-refractivity contribution is 9.10. The van der Waals surface area contributed by atoms with Crippen LogP contribution in [0.15, 0.2) is 41.0 Å².